The lowest BCUT2D eigenvalue weighted by Gasteiger charge is -2.43. The minimum atomic E-state index is -4.65. The van der Waals surface area contributed by atoms with Crippen molar-refractivity contribution in [3.05, 3.63) is 72.2 Å². The first kappa shape index (κ1) is 23.3. The number of carbonyl (C=O) groups is 1. The van der Waals surface area contributed by atoms with Crippen molar-refractivity contribution in [1.82, 2.24) is 4.98 Å². The van der Waals surface area contributed by atoms with Gasteiger partial charge in [-0.25, -0.2) is 14.2 Å². The van der Waals surface area contributed by atoms with E-state index in [1.54, 1.807) is 0 Å². The number of urea groups is 1. The molecule has 1 unspecified atom stereocenters. The number of carbonyl (C=O) groups excluding carboxylic acids is 1. The van der Waals surface area contributed by atoms with Crippen molar-refractivity contribution in [2.45, 2.75) is 18.2 Å². The van der Waals surface area contributed by atoms with Gasteiger partial charge in [-0.3, -0.25) is 0 Å². The smallest absolute Gasteiger partial charge is 0.421 e. The van der Waals surface area contributed by atoms with Crippen LogP contribution in [0.3, 0.4) is 0 Å². The number of nitrogens with zero attached hydrogens (tertiary/aromatic N) is 1. The first-order valence-corrected chi connectivity index (χ1v) is 10.1. The molecule has 34 heavy (non-hydrogen) atoms. The summed E-state index contributed by atoms with van der Waals surface area (Å²) >= 11 is 0. The molecule has 0 radical (unpaired) electrons. The van der Waals surface area contributed by atoms with Crippen LogP contribution in [-0.4, -0.2) is 30.9 Å². The standard InChI is InChI=1S/C23H19F4N3O4/c1-32-19-9-8-14(13-16(19)24)29-21(31)30-17-6-4-11-28-20(17)34-18-7-3-2-5-15(18)22(10-12-33-22)23(25,26)27/h2-9,11,13H,10,12H2,1H3,(H2,29,30,31). The van der Waals surface area contributed by atoms with Crippen molar-refractivity contribution < 1.29 is 36.6 Å². The number of anilines is 2. The number of para-hydroxylation sites is 1. The molecule has 1 aliphatic heterocycles. The molecule has 2 N–H and O–H groups in total. The number of hydrogen-bond acceptors (Lipinski definition) is 5. The van der Waals surface area contributed by atoms with E-state index in [1.807, 2.05) is 0 Å². The number of alkyl halides is 3. The van der Waals surface area contributed by atoms with E-state index in [0.29, 0.717) is 0 Å². The lowest BCUT2D eigenvalue weighted by atomic mass is 9.85. The number of methoxy groups -OCH3 is 1. The van der Waals surface area contributed by atoms with E-state index >= 15 is 0 Å². The summed E-state index contributed by atoms with van der Waals surface area (Å²) in [6.45, 7) is -0.0314. The highest BCUT2D eigenvalue weighted by Gasteiger charge is 2.62. The van der Waals surface area contributed by atoms with Gasteiger partial charge in [-0.2, -0.15) is 13.2 Å². The first-order chi connectivity index (χ1) is 16.2. The number of rotatable bonds is 6. The van der Waals surface area contributed by atoms with E-state index in [-0.39, 0.29) is 47.3 Å². The molecule has 1 aromatic heterocycles. The van der Waals surface area contributed by atoms with Crippen LogP contribution in [0.15, 0.2) is 60.8 Å². The highest BCUT2D eigenvalue weighted by Crippen LogP contribution is 2.53. The molecule has 2 aromatic carbocycles. The molecule has 1 aliphatic rings. The second-order valence-corrected chi connectivity index (χ2v) is 7.31. The second kappa shape index (κ2) is 9.18. The van der Waals surface area contributed by atoms with Crippen molar-refractivity contribution >= 4 is 17.4 Å². The van der Waals surface area contributed by atoms with Crippen molar-refractivity contribution in [3.63, 3.8) is 0 Å². The molecule has 4 rings (SSSR count). The van der Waals surface area contributed by atoms with Gasteiger partial charge in [0.1, 0.15) is 11.4 Å². The van der Waals surface area contributed by atoms with Gasteiger partial charge in [0.25, 0.3) is 0 Å². The summed E-state index contributed by atoms with van der Waals surface area (Å²) in [5, 5.41) is 4.95. The molecule has 1 fully saturated rings. The number of ether oxygens (including phenoxy) is 3. The Bertz CT molecular complexity index is 1200. The van der Waals surface area contributed by atoms with E-state index in [9.17, 15) is 22.4 Å². The van der Waals surface area contributed by atoms with Gasteiger partial charge >= 0.3 is 12.2 Å². The summed E-state index contributed by atoms with van der Waals surface area (Å²) in [5.74, 6) is -0.902. The molecule has 1 atom stereocenters. The Kier molecular flexibility index (Phi) is 6.29. The third kappa shape index (κ3) is 4.46. The van der Waals surface area contributed by atoms with Crippen LogP contribution in [-0.2, 0) is 10.3 Å². The maximum absolute atomic E-state index is 13.9. The van der Waals surface area contributed by atoms with E-state index in [1.165, 1.54) is 61.8 Å². The zero-order chi connectivity index (χ0) is 24.3. The molecule has 2 heterocycles. The minimum absolute atomic E-state index is 0.0136. The molecule has 0 aliphatic carbocycles. The van der Waals surface area contributed by atoms with Crippen molar-refractivity contribution in [3.8, 4) is 17.4 Å². The zero-order valence-electron chi connectivity index (χ0n) is 17.8. The number of pyridine rings is 1. The average molecular weight is 477 g/mol. The second-order valence-electron chi connectivity index (χ2n) is 7.31. The number of halogens is 4. The maximum atomic E-state index is 13.9. The van der Waals surface area contributed by atoms with Gasteiger partial charge in [-0.15, -0.1) is 0 Å². The largest absolute Gasteiger partial charge is 0.494 e. The number of nitrogens with one attached hydrogen (secondary N) is 2. The molecule has 0 saturated carbocycles. The van der Waals surface area contributed by atoms with Gasteiger partial charge in [0.05, 0.1) is 13.7 Å². The van der Waals surface area contributed by atoms with Crippen LogP contribution >= 0.6 is 0 Å². The molecular formula is C23H19F4N3O4. The quantitative estimate of drug-likeness (QED) is 0.436. The van der Waals surface area contributed by atoms with E-state index in [0.717, 1.165) is 6.07 Å². The van der Waals surface area contributed by atoms with Gasteiger partial charge in [0.15, 0.2) is 17.2 Å². The predicted octanol–water partition coefficient (Wildman–Crippen LogP) is 5.84. The van der Waals surface area contributed by atoms with E-state index in [2.05, 4.69) is 15.6 Å². The first-order valence-electron chi connectivity index (χ1n) is 10.1. The molecule has 1 saturated heterocycles. The van der Waals surface area contributed by atoms with Crippen LogP contribution in [0.5, 0.6) is 17.4 Å². The number of hydrogen-bond donors (Lipinski definition) is 2. The molecule has 0 spiro atoms. The fourth-order valence-electron chi connectivity index (χ4n) is 3.48. The predicted molar refractivity (Wildman–Crippen MR) is 115 cm³/mol. The lowest BCUT2D eigenvalue weighted by molar-refractivity contribution is -0.333. The van der Waals surface area contributed by atoms with Crippen LogP contribution in [0, 0.1) is 5.82 Å². The van der Waals surface area contributed by atoms with E-state index < -0.39 is 23.6 Å². The van der Waals surface area contributed by atoms with Gasteiger partial charge in [-0.05, 0) is 30.3 Å². The van der Waals surface area contributed by atoms with Gasteiger partial charge < -0.3 is 24.8 Å². The fourth-order valence-corrected chi connectivity index (χ4v) is 3.48. The molecular weight excluding hydrogens is 458 g/mol. The summed E-state index contributed by atoms with van der Waals surface area (Å²) in [4.78, 5) is 16.5. The van der Waals surface area contributed by atoms with Crippen LogP contribution in [0.2, 0.25) is 0 Å². The maximum Gasteiger partial charge on any atom is 0.421 e. The zero-order valence-corrected chi connectivity index (χ0v) is 17.8. The molecule has 11 heteroatoms. The Morgan fingerprint density at radius 3 is 2.50 bits per heavy atom. The monoisotopic (exact) mass is 477 g/mol. The van der Waals surface area contributed by atoms with Crippen molar-refractivity contribution in [2.24, 2.45) is 0 Å². The van der Waals surface area contributed by atoms with Crippen LogP contribution in [0.4, 0.5) is 33.7 Å². The number of benzene rings is 2. The van der Waals surface area contributed by atoms with Crippen molar-refractivity contribution in [2.75, 3.05) is 24.4 Å². The summed E-state index contributed by atoms with van der Waals surface area (Å²) in [5.41, 5.74) is -2.42. The molecule has 178 valence electrons. The normalized spacial score (nSPS) is 17.4. The Balaban J connectivity index is 1.55. The summed E-state index contributed by atoms with van der Waals surface area (Å²) in [7, 11) is 1.31. The molecule has 3 aromatic rings. The molecule has 0 bridgehead atoms. The van der Waals surface area contributed by atoms with Crippen LogP contribution in [0.1, 0.15) is 12.0 Å². The topological polar surface area (TPSA) is 81.7 Å². The summed E-state index contributed by atoms with van der Waals surface area (Å²) in [6.07, 6.45) is -3.53. The number of amides is 2. The minimum Gasteiger partial charge on any atom is -0.494 e. The Morgan fingerprint density at radius 2 is 1.85 bits per heavy atom. The highest BCUT2D eigenvalue weighted by atomic mass is 19.4. The average Bonchev–Trinajstić information content (AvgIpc) is 2.74. The number of aromatic nitrogens is 1. The lowest BCUT2D eigenvalue weighted by Crippen LogP contribution is -2.52. The highest BCUT2D eigenvalue weighted by molar-refractivity contribution is 6.00. The van der Waals surface area contributed by atoms with Crippen LogP contribution < -0.4 is 20.1 Å². The van der Waals surface area contributed by atoms with Gasteiger partial charge in [0, 0.05) is 29.9 Å². The third-order valence-corrected chi connectivity index (χ3v) is 5.22. The van der Waals surface area contributed by atoms with E-state index in [4.69, 9.17) is 14.2 Å². The van der Waals surface area contributed by atoms with Gasteiger partial charge in [0.2, 0.25) is 5.88 Å². The Morgan fingerprint density at radius 1 is 1.09 bits per heavy atom. The van der Waals surface area contributed by atoms with Crippen molar-refractivity contribution in [1.29, 1.82) is 0 Å². The Hall–Kier alpha value is -3.86. The summed E-state index contributed by atoms with van der Waals surface area (Å²) in [6, 6.07) is 11.7. The Labute approximate surface area is 191 Å². The van der Waals surface area contributed by atoms with Crippen LogP contribution in [0.25, 0.3) is 0 Å². The third-order valence-electron chi connectivity index (χ3n) is 5.22. The SMILES string of the molecule is COc1ccc(NC(=O)Nc2cccnc2Oc2ccccc2C2(C(F)(F)F)CCO2)cc1F. The molecule has 7 nitrogen and oxygen atoms in total. The fraction of sp³-hybridized carbons (Fsp3) is 0.217. The van der Waals surface area contributed by atoms with Gasteiger partial charge in [-0.1, -0.05) is 18.2 Å². The summed E-state index contributed by atoms with van der Waals surface area (Å²) < 4.78 is 70.8. The molecule has 2 amide bonds.